The summed E-state index contributed by atoms with van der Waals surface area (Å²) in [6, 6.07) is 13.7. The van der Waals surface area contributed by atoms with Gasteiger partial charge in [0.1, 0.15) is 5.58 Å². The zero-order valence-electron chi connectivity index (χ0n) is 13.5. The zero-order valence-corrected chi connectivity index (χ0v) is 13.5. The van der Waals surface area contributed by atoms with Crippen molar-refractivity contribution in [2.24, 2.45) is 0 Å². The van der Waals surface area contributed by atoms with E-state index in [4.69, 9.17) is 4.42 Å². The van der Waals surface area contributed by atoms with E-state index in [9.17, 15) is 4.79 Å². The van der Waals surface area contributed by atoms with E-state index in [0.29, 0.717) is 5.76 Å². The highest BCUT2D eigenvalue weighted by molar-refractivity contribution is 5.96. The molecule has 4 heteroatoms. The lowest BCUT2D eigenvalue weighted by molar-refractivity contribution is 0.0650. The fraction of sp³-hybridized carbons (Fsp3) is 0.300. The molecule has 2 aromatic heterocycles. The maximum Gasteiger partial charge on any atom is 0.290 e. The Labute approximate surface area is 141 Å². The quantitative estimate of drug-likeness (QED) is 0.694. The van der Waals surface area contributed by atoms with Crippen LogP contribution in [-0.4, -0.2) is 22.3 Å². The average Bonchev–Trinajstić information content (AvgIpc) is 2.91. The number of carbonyl (C=O) groups is 1. The molecule has 1 aliphatic rings. The first-order valence-electron chi connectivity index (χ1n) is 8.52. The Morgan fingerprint density at radius 1 is 1.08 bits per heavy atom. The summed E-state index contributed by atoms with van der Waals surface area (Å²) in [5.74, 6) is 0.409. The number of nitrogens with zero attached hydrogens (tertiary/aromatic N) is 2. The number of para-hydroxylation sites is 1. The maximum absolute atomic E-state index is 13.1. The van der Waals surface area contributed by atoms with Gasteiger partial charge in [0.25, 0.3) is 5.91 Å². The lowest BCUT2D eigenvalue weighted by atomic mass is 10.0. The molecule has 1 unspecified atom stereocenters. The topological polar surface area (TPSA) is 46.3 Å². The van der Waals surface area contributed by atoms with Gasteiger partial charge in [-0.3, -0.25) is 9.78 Å². The second kappa shape index (κ2) is 6.48. The monoisotopic (exact) mass is 320 g/mol. The minimum atomic E-state index is -0.0186. The van der Waals surface area contributed by atoms with Crippen LogP contribution in [0.5, 0.6) is 0 Å². The van der Waals surface area contributed by atoms with Crippen molar-refractivity contribution in [3.63, 3.8) is 0 Å². The Bertz CT molecular complexity index is 808. The molecule has 1 atom stereocenters. The van der Waals surface area contributed by atoms with Crippen molar-refractivity contribution in [1.29, 1.82) is 0 Å². The second-order valence-electron chi connectivity index (χ2n) is 6.29. The number of carbonyl (C=O) groups excluding carboxylic acids is 1. The molecule has 0 saturated carbocycles. The van der Waals surface area contributed by atoms with E-state index in [1.54, 1.807) is 12.4 Å². The van der Waals surface area contributed by atoms with Crippen molar-refractivity contribution in [3.8, 4) is 0 Å². The highest BCUT2D eigenvalue weighted by Gasteiger charge is 2.29. The standard InChI is InChI=1S/C20H20N2O2/c23-20(19-14-16-6-3-4-8-18(16)24-19)22-13-5-1-2-7-17(22)15-9-11-21-12-10-15/h3-4,6,8-12,14,17H,1-2,5,7,13H2. The van der Waals surface area contributed by atoms with E-state index in [2.05, 4.69) is 4.98 Å². The molecule has 3 aromatic rings. The number of rotatable bonds is 2. The highest BCUT2D eigenvalue weighted by atomic mass is 16.3. The summed E-state index contributed by atoms with van der Waals surface area (Å²) in [7, 11) is 0. The van der Waals surface area contributed by atoms with Crippen LogP contribution < -0.4 is 0 Å². The first kappa shape index (κ1) is 14.9. The zero-order chi connectivity index (χ0) is 16.4. The number of hydrogen-bond acceptors (Lipinski definition) is 3. The minimum Gasteiger partial charge on any atom is -0.451 e. The normalized spacial score (nSPS) is 18.5. The van der Waals surface area contributed by atoms with Gasteiger partial charge in [0.2, 0.25) is 0 Å². The van der Waals surface area contributed by atoms with E-state index in [1.807, 2.05) is 47.4 Å². The predicted molar refractivity (Wildman–Crippen MR) is 92.7 cm³/mol. The molecule has 1 aliphatic heterocycles. The van der Waals surface area contributed by atoms with Gasteiger partial charge in [-0.1, -0.05) is 31.0 Å². The SMILES string of the molecule is O=C(c1cc2ccccc2o1)N1CCCCCC1c1ccncc1. The average molecular weight is 320 g/mol. The van der Waals surface area contributed by atoms with Gasteiger partial charge < -0.3 is 9.32 Å². The maximum atomic E-state index is 13.1. The molecule has 1 fully saturated rings. The van der Waals surface area contributed by atoms with E-state index in [1.165, 1.54) is 0 Å². The second-order valence-corrected chi connectivity index (χ2v) is 6.29. The molecule has 0 spiro atoms. The lowest BCUT2D eigenvalue weighted by Crippen LogP contribution is -2.34. The van der Waals surface area contributed by atoms with E-state index in [0.717, 1.165) is 48.8 Å². The fourth-order valence-corrected chi connectivity index (χ4v) is 3.51. The number of pyridine rings is 1. The van der Waals surface area contributed by atoms with Crippen LogP contribution in [0.15, 0.2) is 59.3 Å². The summed E-state index contributed by atoms with van der Waals surface area (Å²) >= 11 is 0. The molecule has 0 radical (unpaired) electrons. The van der Waals surface area contributed by atoms with Crippen molar-refractivity contribution in [1.82, 2.24) is 9.88 Å². The van der Waals surface area contributed by atoms with Crippen molar-refractivity contribution in [3.05, 3.63) is 66.2 Å². The third kappa shape index (κ3) is 2.80. The molecule has 122 valence electrons. The Morgan fingerprint density at radius 3 is 2.75 bits per heavy atom. The number of aromatic nitrogens is 1. The van der Waals surface area contributed by atoms with Gasteiger partial charge in [-0.25, -0.2) is 0 Å². The van der Waals surface area contributed by atoms with Crippen molar-refractivity contribution in [2.75, 3.05) is 6.54 Å². The molecule has 0 bridgehead atoms. The summed E-state index contributed by atoms with van der Waals surface area (Å²) in [6.45, 7) is 0.767. The van der Waals surface area contributed by atoms with Crippen LogP contribution in [0.4, 0.5) is 0 Å². The Kier molecular flexibility index (Phi) is 4.03. The molecule has 4 nitrogen and oxygen atoms in total. The summed E-state index contributed by atoms with van der Waals surface area (Å²) in [4.78, 5) is 19.2. The van der Waals surface area contributed by atoms with Gasteiger partial charge in [-0.2, -0.15) is 0 Å². The predicted octanol–water partition coefficient (Wildman–Crippen LogP) is 4.59. The molecule has 4 rings (SSSR count). The van der Waals surface area contributed by atoms with Gasteiger partial charge in [0.05, 0.1) is 6.04 Å². The number of likely N-dealkylation sites (tertiary alicyclic amines) is 1. The highest BCUT2D eigenvalue weighted by Crippen LogP contribution is 2.32. The summed E-state index contributed by atoms with van der Waals surface area (Å²) in [5.41, 5.74) is 1.91. The minimum absolute atomic E-state index is 0.0186. The number of fused-ring (bicyclic) bond motifs is 1. The Hall–Kier alpha value is -2.62. The van der Waals surface area contributed by atoms with Crippen molar-refractivity contribution >= 4 is 16.9 Å². The summed E-state index contributed by atoms with van der Waals surface area (Å²) < 4.78 is 5.80. The molecule has 24 heavy (non-hydrogen) atoms. The van der Waals surface area contributed by atoms with Crippen LogP contribution >= 0.6 is 0 Å². The molecule has 3 heterocycles. The van der Waals surface area contributed by atoms with E-state index >= 15 is 0 Å². The first-order chi connectivity index (χ1) is 11.8. The summed E-state index contributed by atoms with van der Waals surface area (Å²) in [5, 5.41) is 0.969. The third-order valence-electron chi connectivity index (χ3n) is 4.74. The number of hydrogen-bond donors (Lipinski definition) is 0. The number of benzene rings is 1. The summed E-state index contributed by atoms with van der Waals surface area (Å²) in [6.07, 6.45) is 7.90. The van der Waals surface area contributed by atoms with E-state index in [-0.39, 0.29) is 11.9 Å². The van der Waals surface area contributed by atoms with Crippen LogP contribution in [0.1, 0.15) is 47.8 Å². The molecular formula is C20H20N2O2. The molecule has 1 saturated heterocycles. The smallest absolute Gasteiger partial charge is 0.290 e. The van der Waals surface area contributed by atoms with Crippen LogP contribution in [0.2, 0.25) is 0 Å². The van der Waals surface area contributed by atoms with Crippen molar-refractivity contribution in [2.45, 2.75) is 31.7 Å². The Morgan fingerprint density at radius 2 is 1.92 bits per heavy atom. The number of amides is 1. The van der Waals surface area contributed by atoms with Crippen LogP contribution in [0.25, 0.3) is 11.0 Å². The van der Waals surface area contributed by atoms with Crippen molar-refractivity contribution < 1.29 is 9.21 Å². The third-order valence-corrected chi connectivity index (χ3v) is 4.74. The van der Waals surface area contributed by atoms with Crippen LogP contribution in [0, 0.1) is 0 Å². The molecule has 1 amide bonds. The van der Waals surface area contributed by atoms with Gasteiger partial charge in [-0.05, 0) is 42.7 Å². The number of furan rings is 1. The van der Waals surface area contributed by atoms with E-state index < -0.39 is 0 Å². The fourth-order valence-electron chi connectivity index (χ4n) is 3.51. The van der Waals surface area contributed by atoms with Gasteiger partial charge in [-0.15, -0.1) is 0 Å². The molecule has 0 N–H and O–H groups in total. The lowest BCUT2D eigenvalue weighted by Gasteiger charge is -2.29. The molecular weight excluding hydrogens is 300 g/mol. The first-order valence-corrected chi connectivity index (χ1v) is 8.52. The molecule has 1 aromatic carbocycles. The van der Waals surface area contributed by atoms with Gasteiger partial charge >= 0.3 is 0 Å². The van der Waals surface area contributed by atoms with Crippen LogP contribution in [0.3, 0.4) is 0 Å². The Balaban J connectivity index is 1.69. The van der Waals surface area contributed by atoms with Crippen LogP contribution in [-0.2, 0) is 0 Å². The largest absolute Gasteiger partial charge is 0.451 e. The van der Waals surface area contributed by atoms with Gasteiger partial charge in [0.15, 0.2) is 5.76 Å². The van der Waals surface area contributed by atoms with Gasteiger partial charge in [0, 0.05) is 24.3 Å². The molecule has 0 aliphatic carbocycles.